The summed E-state index contributed by atoms with van der Waals surface area (Å²) in [5.74, 6) is -6.02. The zero-order valence-electron chi connectivity index (χ0n) is 25.9. The Kier molecular flexibility index (Phi) is 10.4. The number of aromatic nitrogens is 4. The Bertz CT molecular complexity index is 1590. The van der Waals surface area contributed by atoms with Gasteiger partial charge in [-0.1, -0.05) is 26.0 Å². The molecule has 5 atom stereocenters. The van der Waals surface area contributed by atoms with Gasteiger partial charge in [-0.3, -0.25) is 14.5 Å². The highest BCUT2D eigenvalue weighted by Gasteiger charge is 2.40. The van der Waals surface area contributed by atoms with E-state index in [9.17, 15) is 4.79 Å². The number of H-pyrrole nitrogens is 1. The van der Waals surface area contributed by atoms with Crippen molar-refractivity contribution < 1.29 is 36.6 Å². The summed E-state index contributed by atoms with van der Waals surface area (Å²) in [6.45, 7) is 8.11. The van der Waals surface area contributed by atoms with Crippen molar-refractivity contribution in [2.75, 3.05) is 18.5 Å². The van der Waals surface area contributed by atoms with E-state index in [1.165, 1.54) is 36.2 Å². The number of benzene rings is 1. The first-order valence-corrected chi connectivity index (χ1v) is 15.0. The molecule has 0 saturated carbocycles. The van der Waals surface area contributed by atoms with Gasteiger partial charge in [-0.05, 0) is 42.5 Å². The topological polar surface area (TPSA) is 116 Å². The Morgan fingerprint density at radius 1 is 1.09 bits per heavy atom. The molecule has 5 rings (SSSR count). The maximum atomic E-state index is 15.3. The van der Waals surface area contributed by atoms with Crippen LogP contribution in [0.2, 0.25) is 0 Å². The molecule has 5 unspecified atom stereocenters. The number of anilines is 1. The van der Waals surface area contributed by atoms with Gasteiger partial charge in [-0.15, -0.1) is 5.10 Å². The van der Waals surface area contributed by atoms with Gasteiger partial charge in [0.2, 0.25) is 0 Å². The SMILES string of the molecule is CC(=O)OCC1OC(OCc2cn(CCCNc3c(F)c(F)c(C(=C4C=CC=N4)c4ccc[nH]4)c(F)c3F)nn2)C(C)C(C)C1C. The third-order valence-electron chi connectivity index (χ3n) is 8.47. The van der Waals surface area contributed by atoms with Crippen LogP contribution in [0, 0.1) is 41.0 Å². The van der Waals surface area contributed by atoms with E-state index in [4.69, 9.17) is 14.2 Å². The van der Waals surface area contributed by atoms with Gasteiger partial charge < -0.3 is 24.5 Å². The molecular formula is C32H36F4N6O4. The molecule has 0 amide bonds. The number of nitrogens with zero attached hydrogens (tertiary/aromatic N) is 4. The van der Waals surface area contributed by atoms with Gasteiger partial charge >= 0.3 is 5.97 Å². The summed E-state index contributed by atoms with van der Waals surface area (Å²) < 4.78 is 79.7. The highest BCUT2D eigenvalue weighted by Crippen LogP contribution is 2.38. The van der Waals surface area contributed by atoms with Crippen LogP contribution >= 0.6 is 0 Å². The van der Waals surface area contributed by atoms with E-state index in [0.717, 1.165) is 0 Å². The standard InChI is InChI=1S/C32H36F4N6O4/c1-17-18(2)24(16-44-20(4)43)46-32(19(17)3)45-15-21-14-42(41-40-21)13-7-12-39-31-29(35)27(33)26(28(34)30(31)36)25(22-8-5-10-37-22)23-9-6-11-38-23/h5-6,8-11,14,17-19,24,32,37,39H,7,12-13,15-16H2,1-4H3. The summed E-state index contributed by atoms with van der Waals surface area (Å²) in [6.07, 6.45) is 7.13. The minimum Gasteiger partial charge on any atom is -0.463 e. The number of halogens is 4. The van der Waals surface area contributed by atoms with E-state index in [1.54, 1.807) is 18.3 Å². The second-order valence-corrected chi connectivity index (χ2v) is 11.5. The first-order valence-electron chi connectivity index (χ1n) is 15.0. The van der Waals surface area contributed by atoms with Crippen molar-refractivity contribution in [3.63, 3.8) is 0 Å². The highest BCUT2D eigenvalue weighted by atomic mass is 19.2. The number of nitrogens with one attached hydrogen (secondary N) is 2. The predicted molar refractivity (Wildman–Crippen MR) is 161 cm³/mol. The average molecular weight is 645 g/mol. The average Bonchev–Trinajstić information content (AvgIpc) is 3.84. The summed E-state index contributed by atoms with van der Waals surface area (Å²) in [5.41, 5.74) is -0.902. The van der Waals surface area contributed by atoms with Crippen LogP contribution in [0.3, 0.4) is 0 Å². The molecule has 1 aromatic carbocycles. The van der Waals surface area contributed by atoms with Crippen molar-refractivity contribution in [1.29, 1.82) is 0 Å². The summed E-state index contributed by atoms with van der Waals surface area (Å²) in [7, 11) is 0. The summed E-state index contributed by atoms with van der Waals surface area (Å²) in [4.78, 5) is 18.2. The third-order valence-corrected chi connectivity index (χ3v) is 8.47. The molecule has 46 heavy (non-hydrogen) atoms. The van der Waals surface area contributed by atoms with Crippen LogP contribution in [-0.4, -0.2) is 57.7 Å². The summed E-state index contributed by atoms with van der Waals surface area (Å²) >= 11 is 0. The molecule has 246 valence electrons. The van der Waals surface area contributed by atoms with E-state index in [-0.39, 0.29) is 66.5 Å². The van der Waals surface area contributed by atoms with Gasteiger partial charge in [0, 0.05) is 49.6 Å². The zero-order chi connectivity index (χ0) is 33.0. The third kappa shape index (κ3) is 7.07. The fraction of sp³-hybridized carbons (Fsp3) is 0.438. The molecule has 10 nitrogen and oxygen atoms in total. The number of allylic oxidation sites excluding steroid dienone is 2. The number of carbonyl (C=O) groups is 1. The van der Waals surface area contributed by atoms with Crippen molar-refractivity contribution >= 4 is 23.4 Å². The Labute approximate surface area is 263 Å². The minimum absolute atomic E-state index is 0.0113. The number of hydrogen-bond donors (Lipinski definition) is 2. The Balaban J connectivity index is 1.18. The molecule has 0 aliphatic carbocycles. The van der Waals surface area contributed by atoms with Crippen LogP contribution in [0.15, 0.2) is 47.4 Å². The lowest BCUT2D eigenvalue weighted by Crippen LogP contribution is -2.47. The second-order valence-electron chi connectivity index (χ2n) is 11.5. The number of carbonyl (C=O) groups excluding carboxylic acids is 1. The molecule has 0 radical (unpaired) electrons. The van der Waals surface area contributed by atoms with Crippen LogP contribution in [-0.2, 0) is 32.2 Å². The van der Waals surface area contributed by atoms with E-state index in [2.05, 4.69) is 39.5 Å². The van der Waals surface area contributed by atoms with Crippen molar-refractivity contribution in [3.8, 4) is 0 Å². The van der Waals surface area contributed by atoms with Crippen molar-refractivity contribution in [3.05, 3.63) is 82.6 Å². The van der Waals surface area contributed by atoms with Gasteiger partial charge in [-0.25, -0.2) is 17.6 Å². The van der Waals surface area contributed by atoms with Crippen molar-refractivity contribution in [2.24, 2.45) is 22.7 Å². The van der Waals surface area contributed by atoms with E-state index >= 15 is 17.6 Å². The number of rotatable bonds is 12. The zero-order valence-corrected chi connectivity index (χ0v) is 25.9. The lowest BCUT2D eigenvalue weighted by molar-refractivity contribution is -0.260. The first kappa shape index (κ1) is 33.1. The van der Waals surface area contributed by atoms with Gasteiger partial charge in [0.1, 0.15) is 18.0 Å². The van der Waals surface area contributed by atoms with Gasteiger partial charge in [0.15, 0.2) is 29.6 Å². The van der Waals surface area contributed by atoms with Crippen molar-refractivity contribution in [2.45, 2.75) is 59.7 Å². The molecule has 1 saturated heterocycles. The van der Waals surface area contributed by atoms with E-state index in [1.807, 2.05) is 6.92 Å². The molecule has 1 fully saturated rings. The molecule has 2 aliphatic heterocycles. The number of hydrogen-bond acceptors (Lipinski definition) is 8. The van der Waals surface area contributed by atoms with Crippen LogP contribution in [0.5, 0.6) is 0 Å². The number of ether oxygens (including phenoxy) is 3. The van der Waals surface area contributed by atoms with Gasteiger partial charge in [0.05, 0.1) is 30.2 Å². The molecule has 2 aliphatic rings. The quantitative estimate of drug-likeness (QED) is 0.111. The fourth-order valence-electron chi connectivity index (χ4n) is 5.54. The highest BCUT2D eigenvalue weighted by molar-refractivity contribution is 5.88. The lowest BCUT2D eigenvalue weighted by atomic mass is 9.79. The van der Waals surface area contributed by atoms with Crippen LogP contribution < -0.4 is 5.32 Å². The predicted octanol–water partition coefficient (Wildman–Crippen LogP) is 5.78. The van der Waals surface area contributed by atoms with E-state index < -0.39 is 40.8 Å². The molecule has 2 aromatic heterocycles. The number of esters is 1. The first-order chi connectivity index (χ1) is 22.1. The lowest BCUT2D eigenvalue weighted by Gasteiger charge is -2.43. The Morgan fingerprint density at radius 3 is 2.50 bits per heavy atom. The normalized spacial score (nSPS) is 23.6. The second kappa shape index (κ2) is 14.4. The fourth-order valence-corrected chi connectivity index (χ4v) is 5.54. The Morgan fingerprint density at radius 2 is 1.85 bits per heavy atom. The van der Waals surface area contributed by atoms with Crippen LogP contribution in [0.25, 0.3) is 5.57 Å². The number of aliphatic imine (C=N–C) groups is 1. The molecule has 2 N–H and O–H groups in total. The molecular weight excluding hydrogens is 608 g/mol. The largest absolute Gasteiger partial charge is 0.463 e. The van der Waals surface area contributed by atoms with Crippen LogP contribution in [0.1, 0.15) is 51.1 Å². The van der Waals surface area contributed by atoms with Crippen molar-refractivity contribution in [1.82, 2.24) is 20.0 Å². The molecule has 4 heterocycles. The maximum Gasteiger partial charge on any atom is 0.302 e. The van der Waals surface area contributed by atoms with Gasteiger partial charge in [0.25, 0.3) is 0 Å². The van der Waals surface area contributed by atoms with E-state index in [0.29, 0.717) is 18.7 Å². The smallest absolute Gasteiger partial charge is 0.302 e. The van der Waals surface area contributed by atoms with Gasteiger partial charge in [-0.2, -0.15) is 0 Å². The molecule has 0 spiro atoms. The number of aryl methyl sites for hydroxylation is 1. The minimum atomic E-state index is -1.54. The molecule has 14 heteroatoms. The number of aromatic amines is 1. The van der Waals surface area contributed by atoms with Crippen LogP contribution in [0.4, 0.5) is 23.2 Å². The Hall–Kier alpha value is -4.30. The molecule has 0 bridgehead atoms. The maximum absolute atomic E-state index is 15.3. The monoisotopic (exact) mass is 644 g/mol. The summed E-state index contributed by atoms with van der Waals surface area (Å²) in [5, 5.41) is 10.6. The summed E-state index contributed by atoms with van der Waals surface area (Å²) in [6, 6.07) is 3.12. The molecule has 3 aromatic rings.